The molecule has 2 rings (SSSR count). The first-order valence-corrected chi connectivity index (χ1v) is 7.61. The standard InChI is InChI=1S/C13H15FN2O3S/c14-10-6-2-4-8-12(10)20(18,19)16-11-7-3-1-5-9(11)13(15)17/h1-4,6,8-9,11,16H,5,7H2,(H2,15,17)/t9-,11-/m1/s1. The van der Waals surface area contributed by atoms with Crippen molar-refractivity contribution in [3.05, 3.63) is 42.2 Å². The van der Waals surface area contributed by atoms with E-state index in [-0.39, 0.29) is 0 Å². The number of benzene rings is 1. The van der Waals surface area contributed by atoms with Gasteiger partial charge < -0.3 is 5.73 Å². The van der Waals surface area contributed by atoms with E-state index >= 15 is 0 Å². The van der Waals surface area contributed by atoms with E-state index in [2.05, 4.69) is 4.72 Å². The Hall–Kier alpha value is -1.73. The van der Waals surface area contributed by atoms with Gasteiger partial charge in [-0.1, -0.05) is 24.3 Å². The van der Waals surface area contributed by atoms with Gasteiger partial charge in [-0.2, -0.15) is 0 Å². The van der Waals surface area contributed by atoms with Crippen LogP contribution in [0.3, 0.4) is 0 Å². The highest BCUT2D eigenvalue weighted by Gasteiger charge is 2.31. The Morgan fingerprint density at radius 1 is 1.25 bits per heavy atom. The van der Waals surface area contributed by atoms with Gasteiger partial charge in [0.05, 0.1) is 5.92 Å². The van der Waals surface area contributed by atoms with Crippen LogP contribution in [-0.4, -0.2) is 20.4 Å². The molecule has 0 spiro atoms. The molecular formula is C13H15FN2O3S. The van der Waals surface area contributed by atoms with Gasteiger partial charge in [0.25, 0.3) is 0 Å². The summed E-state index contributed by atoms with van der Waals surface area (Å²) < 4.78 is 40.3. The molecule has 0 aliphatic heterocycles. The fraction of sp³-hybridized carbons (Fsp3) is 0.308. The van der Waals surface area contributed by atoms with Gasteiger partial charge in [-0.25, -0.2) is 17.5 Å². The summed E-state index contributed by atoms with van der Waals surface area (Å²) in [4.78, 5) is 10.9. The Balaban J connectivity index is 2.26. The molecule has 2 atom stereocenters. The molecule has 20 heavy (non-hydrogen) atoms. The van der Waals surface area contributed by atoms with Crippen molar-refractivity contribution in [2.45, 2.75) is 23.8 Å². The molecule has 1 amide bonds. The summed E-state index contributed by atoms with van der Waals surface area (Å²) in [6.07, 6.45) is 4.28. The summed E-state index contributed by atoms with van der Waals surface area (Å²) >= 11 is 0. The van der Waals surface area contributed by atoms with Crippen molar-refractivity contribution in [1.82, 2.24) is 4.72 Å². The molecule has 1 aromatic rings. The van der Waals surface area contributed by atoms with Crippen LogP contribution in [0.25, 0.3) is 0 Å². The van der Waals surface area contributed by atoms with Crippen molar-refractivity contribution in [2.75, 3.05) is 0 Å². The lowest BCUT2D eigenvalue weighted by molar-refractivity contribution is -0.122. The van der Waals surface area contributed by atoms with Gasteiger partial charge in [0.15, 0.2) is 0 Å². The highest BCUT2D eigenvalue weighted by atomic mass is 32.2. The summed E-state index contributed by atoms with van der Waals surface area (Å²) in [5.74, 6) is -2.03. The molecule has 0 saturated carbocycles. The Morgan fingerprint density at radius 3 is 2.55 bits per heavy atom. The first kappa shape index (κ1) is 14.7. The van der Waals surface area contributed by atoms with Crippen molar-refractivity contribution in [3.63, 3.8) is 0 Å². The van der Waals surface area contributed by atoms with Crippen molar-refractivity contribution < 1.29 is 17.6 Å². The van der Waals surface area contributed by atoms with Crippen molar-refractivity contribution in [3.8, 4) is 0 Å². The summed E-state index contributed by atoms with van der Waals surface area (Å²) in [6.45, 7) is 0. The minimum absolute atomic E-state index is 0.349. The molecule has 1 aliphatic rings. The maximum atomic E-state index is 13.6. The van der Waals surface area contributed by atoms with E-state index < -0.39 is 38.6 Å². The maximum Gasteiger partial charge on any atom is 0.243 e. The topological polar surface area (TPSA) is 89.3 Å². The molecule has 5 nitrogen and oxygen atoms in total. The van der Waals surface area contributed by atoms with E-state index in [1.165, 1.54) is 18.2 Å². The third-order valence-electron chi connectivity index (χ3n) is 3.23. The van der Waals surface area contributed by atoms with Crippen LogP contribution in [0.15, 0.2) is 41.3 Å². The molecule has 0 radical (unpaired) electrons. The smallest absolute Gasteiger partial charge is 0.243 e. The monoisotopic (exact) mass is 298 g/mol. The molecule has 0 fully saturated rings. The molecule has 108 valence electrons. The summed E-state index contributed by atoms with van der Waals surface area (Å²) in [7, 11) is -4.02. The number of allylic oxidation sites excluding steroid dienone is 1. The molecule has 0 bridgehead atoms. The average Bonchev–Trinajstić information content (AvgIpc) is 2.39. The predicted octanol–water partition coefficient (Wildman–Crippen LogP) is 0.924. The Kier molecular flexibility index (Phi) is 4.20. The molecular weight excluding hydrogens is 283 g/mol. The predicted molar refractivity (Wildman–Crippen MR) is 71.6 cm³/mol. The van der Waals surface area contributed by atoms with Crippen LogP contribution in [0, 0.1) is 11.7 Å². The third kappa shape index (κ3) is 3.05. The number of amides is 1. The van der Waals surface area contributed by atoms with Gasteiger partial charge in [0, 0.05) is 6.04 Å². The first-order valence-electron chi connectivity index (χ1n) is 6.13. The number of primary amides is 1. The van der Waals surface area contributed by atoms with Gasteiger partial charge in [0.2, 0.25) is 15.9 Å². The number of nitrogens with one attached hydrogen (secondary N) is 1. The largest absolute Gasteiger partial charge is 0.369 e. The number of hydrogen-bond donors (Lipinski definition) is 2. The molecule has 7 heteroatoms. The summed E-state index contributed by atoms with van der Waals surface area (Å²) in [5.41, 5.74) is 5.26. The fourth-order valence-corrected chi connectivity index (χ4v) is 3.55. The van der Waals surface area contributed by atoms with E-state index in [9.17, 15) is 17.6 Å². The second-order valence-electron chi connectivity index (χ2n) is 4.61. The van der Waals surface area contributed by atoms with Gasteiger partial charge >= 0.3 is 0 Å². The minimum atomic E-state index is -4.02. The number of sulfonamides is 1. The lowest BCUT2D eigenvalue weighted by Gasteiger charge is -2.26. The van der Waals surface area contributed by atoms with E-state index in [1.807, 2.05) is 0 Å². The van der Waals surface area contributed by atoms with Crippen LogP contribution in [0.5, 0.6) is 0 Å². The SMILES string of the molecule is NC(=O)[C@@H]1CC=CC[C@H]1NS(=O)(=O)c1ccccc1F. The number of carbonyl (C=O) groups is 1. The second-order valence-corrected chi connectivity index (χ2v) is 6.29. The van der Waals surface area contributed by atoms with E-state index in [4.69, 9.17) is 5.73 Å². The van der Waals surface area contributed by atoms with Gasteiger partial charge in [-0.15, -0.1) is 0 Å². The third-order valence-corrected chi connectivity index (χ3v) is 4.75. The molecule has 1 aliphatic carbocycles. The van der Waals surface area contributed by atoms with E-state index in [1.54, 1.807) is 12.2 Å². The summed E-state index contributed by atoms with van der Waals surface area (Å²) in [6, 6.07) is 4.44. The quantitative estimate of drug-likeness (QED) is 0.810. The highest BCUT2D eigenvalue weighted by Crippen LogP contribution is 2.22. The highest BCUT2D eigenvalue weighted by molar-refractivity contribution is 7.89. The van der Waals surface area contributed by atoms with Crippen LogP contribution < -0.4 is 10.5 Å². The van der Waals surface area contributed by atoms with Crippen molar-refractivity contribution >= 4 is 15.9 Å². The van der Waals surface area contributed by atoms with Crippen LogP contribution in [0.1, 0.15) is 12.8 Å². The lowest BCUT2D eigenvalue weighted by atomic mass is 9.89. The van der Waals surface area contributed by atoms with E-state index in [0.29, 0.717) is 12.8 Å². The van der Waals surface area contributed by atoms with Crippen molar-refractivity contribution in [2.24, 2.45) is 11.7 Å². The molecule has 1 aromatic carbocycles. The molecule has 3 N–H and O–H groups in total. The Morgan fingerprint density at radius 2 is 1.90 bits per heavy atom. The minimum Gasteiger partial charge on any atom is -0.369 e. The Bertz CT molecular complexity index is 643. The van der Waals surface area contributed by atoms with E-state index in [0.717, 1.165) is 6.07 Å². The zero-order valence-electron chi connectivity index (χ0n) is 10.6. The number of halogens is 1. The lowest BCUT2D eigenvalue weighted by Crippen LogP contribution is -2.46. The molecule has 0 aromatic heterocycles. The normalized spacial score (nSPS) is 22.6. The molecule has 0 heterocycles. The Labute approximate surface area is 116 Å². The first-order chi connectivity index (χ1) is 9.42. The van der Waals surface area contributed by atoms with Crippen LogP contribution in [0.2, 0.25) is 0 Å². The maximum absolute atomic E-state index is 13.6. The van der Waals surface area contributed by atoms with Crippen LogP contribution >= 0.6 is 0 Å². The number of nitrogens with two attached hydrogens (primary N) is 1. The zero-order chi connectivity index (χ0) is 14.8. The van der Waals surface area contributed by atoms with Gasteiger partial charge in [-0.05, 0) is 25.0 Å². The van der Waals surface area contributed by atoms with Crippen LogP contribution in [0.4, 0.5) is 4.39 Å². The van der Waals surface area contributed by atoms with Crippen molar-refractivity contribution in [1.29, 1.82) is 0 Å². The van der Waals surface area contributed by atoms with Gasteiger partial charge in [0.1, 0.15) is 10.7 Å². The van der Waals surface area contributed by atoms with Crippen LogP contribution in [-0.2, 0) is 14.8 Å². The molecule has 0 saturated heterocycles. The number of carbonyl (C=O) groups excluding carboxylic acids is 1. The van der Waals surface area contributed by atoms with Gasteiger partial charge in [-0.3, -0.25) is 4.79 Å². The second kappa shape index (κ2) is 5.72. The average molecular weight is 298 g/mol. The molecule has 0 unspecified atom stereocenters. The summed E-state index contributed by atoms with van der Waals surface area (Å²) in [5, 5.41) is 0. The number of hydrogen-bond acceptors (Lipinski definition) is 3. The number of rotatable bonds is 4. The zero-order valence-corrected chi connectivity index (χ0v) is 11.4. The fourth-order valence-electron chi connectivity index (χ4n) is 2.18.